The van der Waals surface area contributed by atoms with E-state index in [4.69, 9.17) is 7.85 Å². The molecule has 1 aliphatic carbocycles. The fourth-order valence-corrected chi connectivity index (χ4v) is 1.61. The Kier molecular flexibility index (Phi) is 2.40. The topological polar surface area (TPSA) is 3.24 Å². The second kappa shape index (κ2) is 2.95. The molecule has 0 N–H and O–H groups in total. The average molecular weight is 137 g/mol. The fourth-order valence-electron chi connectivity index (χ4n) is 1.61. The Bertz CT molecular complexity index is 106. The summed E-state index contributed by atoms with van der Waals surface area (Å²) < 4.78 is 0. The SMILES string of the molecule is [B]C1(N(C)C)CCCCC1. The van der Waals surface area contributed by atoms with Gasteiger partial charge in [0.05, 0.1) is 7.85 Å². The van der Waals surface area contributed by atoms with E-state index in [1.807, 2.05) is 0 Å². The Balaban J connectivity index is 2.48. The molecular weight excluding hydrogens is 121 g/mol. The lowest BCUT2D eigenvalue weighted by molar-refractivity contribution is 0.186. The van der Waals surface area contributed by atoms with Crippen LogP contribution in [0.2, 0.25) is 0 Å². The molecular formula is C8H16BN. The summed E-state index contributed by atoms with van der Waals surface area (Å²) in [5.74, 6) is 0. The molecule has 2 heteroatoms. The van der Waals surface area contributed by atoms with E-state index in [2.05, 4.69) is 19.0 Å². The van der Waals surface area contributed by atoms with E-state index in [9.17, 15) is 0 Å². The van der Waals surface area contributed by atoms with E-state index in [-0.39, 0.29) is 5.44 Å². The summed E-state index contributed by atoms with van der Waals surface area (Å²) in [4.78, 5) is 2.16. The first-order valence-electron chi connectivity index (χ1n) is 4.11. The highest BCUT2D eigenvalue weighted by molar-refractivity contribution is 6.15. The molecule has 1 rings (SSSR count). The second-order valence-corrected chi connectivity index (χ2v) is 3.56. The van der Waals surface area contributed by atoms with Crippen LogP contribution < -0.4 is 0 Å². The molecule has 0 aliphatic heterocycles. The molecule has 0 aromatic heterocycles. The maximum absolute atomic E-state index is 6.13. The molecule has 0 spiro atoms. The molecule has 1 fully saturated rings. The zero-order valence-corrected chi connectivity index (χ0v) is 7.06. The summed E-state index contributed by atoms with van der Waals surface area (Å²) in [6.07, 6.45) is 6.30. The first-order valence-corrected chi connectivity index (χ1v) is 4.11. The molecule has 0 unspecified atom stereocenters. The minimum absolute atomic E-state index is 0.0122. The van der Waals surface area contributed by atoms with Crippen molar-refractivity contribution in [2.45, 2.75) is 37.5 Å². The molecule has 0 bridgehead atoms. The highest BCUT2D eigenvalue weighted by Gasteiger charge is 2.27. The molecule has 0 amide bonds. The van der Waals surface area contributed by atoms with Gasteiger partial charge in [-0.2, -0.15) is 0 Å². The van der Waals surface area contributed by atoms with Crippen LogP contribution in [0.15, 0.2) is 0 Å². The number of hydrogen-bond acceptors (Lipinski definition) is 1. The predicted molar refractivity (Wildman–Crippen MR) is 45.3 cm³/mol. The standard InChI is InChI=1S/C8H16BN/c1-10(2)8(9)6-4-3-5-7-8/h3-7H2,1-2H3. The summed E-state index contributed by atoms with van der Waals surface area (Å²) in [6, 6.07) is 0. The van der Waals surface area contributed by atoms with Crippen molar-refractivity contribution in [1.82, 2.24) is 4.90 Å². The third-order valence-corrected chi connectivity index (χ3v) is 2.61. The van der Waals surface area contributed by atoms with Crippen molar-refractivity contribution >= 4 is 7.85 Å². The Morgan fingerprint density at radius 2 is 1.60 bits per heavy atom. The molecule has 1 nitrogen and oxygen atoms in total. The fraction of sp³-hybridized carbons (Fsp3) is 1.00. The van der Waals surface area contributed by atoms with Crippen molar-refractivity contribution in [3.63, 3.8) is 0 Å². The Morgan fingerprint density at radius 3 is 1.90 bits per heavy atom. The number of nitrogens with zero attached hydrogens (tertiary/aromatic N) is 1. The van der Waals surface area contributed by atoms with Gasteiger partial charge < -0.3 is 4.90 Å². The Hall–Kier alpha value is 0.0249. The van der Waals surface area contributed by atoms with Gasteiger partial charge in [0.15, 0.2) is 0 Å². The van der Waals surface area contributed by atoms with Gasteiger partial charge in [-0.15, -0.1) is 0 Å². The van der Waals surface area contributed by atoms with E-state index in [0.29, 0.717) is 0 Å². The highest BCUT2D eigenvalue weighted by atomic mass is 15.1. The minimum atomic E-state index is 0.0122. The second-order valence-electron chi connectivity index (χ2n) is 3.56. The van der Waals surface area contributed by atoms with Gasteiger partial charge in [-0.1, -0.05) is 19.3 Å². The van der Waals surface area contributed by atoms with Crippen LogP contribution in [-0.2, 0) is 0 Å². The average Bonchev–Trinajstić information content (AvgIpc) is 1.89. The van der Waals surface area contributed by atoms with Gasteiger partial charge in [0, 0.05) is 0 Å². The normalized spacial score (nSPS) is 25.1. The Morgan fingerprint density at radius 1 is 1.10 bits per heavy atom. The Labute approximate surface area is 65.2 Å². The molecule has 10 heavy (non-hydrogen) atoms. The van der Waals surface area contributed by atoms with Gasteiger partial charge in [0.25, 0.3) is 0 Å². The van der Waals surface area contributed by atoms with Crippen molar-refractivity contribution < 1.29 is 0 Å². The zero-order valence-electron chi connectivity index (χ0n) is 7.06. The molecule has 0 atom stereocenters. The third-order valence-electron chi connectivity index (χ3n) is 2.61. The van der Waals surface area contributed by atoms with Gasteiger partial charge in [0.2, 0.25) is 0 Å². The summed E-state index contributed by atoms with van der Waals surface area (Å²) >= 11 is 0. The summed E-state index contributed by atoms with van der Waals surface area (Å²) in [5, 5.41) is 0. The molecule has 1 aliphatic rings. The largest absolute Gasteiger partial charge is 0.312 e. The van der Waals surface area contributed by atoms with E-state index >= 15 is 0 Å². The molecule has 0 aromatic carbocycles. The van der Waals surface area contributed by atoms with Crippen LogP contribution in [0.1, 0.15) is 32.1 Å². The summed E-state index contributed by atoms with van der Waals surface area (Å²) in [5.41, 5.74) is 0.0122. The first kappa shape index (κ1) is 8.12. The van der Waals surface area contributed by atoms with Gasteiger partial charge in [0.1, 0.15) is 0 Å². The van der Waals surface area contributed by atoms with Crippen LogP contribution in [0.25, 0.3) is 0 Å². The van der Waals surface area contributed by atoms with Crippen molar-refractivity contribution in [2.24, 2.45) is 0 Å². The van der Waals surface area contributed by atoms with Crippen molar-refractivity contribution in [3.05, 3.63) is 0 Å². The lowest BCUT2D eigenvalue weighted by Crippen LogP contribution is -2.46. The third kappa shape index (κ3) is 1.54. The van der Waals surface area contributed by atoms with Crippen LogP contribution in [0, 0.1) is 0 Å². The number of hydrogen-bond donors (Lipinski definition) is 0. The van der Waals surface area contributed by atoms with Gasteiger partial charge >= 0.3 is 0 Å². The van der Waals surface area contributed by atoms with Crippen molar-refractivity contribution in [1.29, 1.82) is 0 Å². The van der Waals surface area contributed by atoms with Gasteiger partial charge in [-0.3, -0.25) is 0 Å². The maximum atomic E-state index is 6.13. The summed E-state index contributed by atoms with van der Waals surface area (Å²) in [7, 11) is 10.3. The molecule has 0 aromatic rings. The van der Waals surface area contributed by atoms with Crippen LogP contribution in [0.4, 0.5) is 0 Å². The maximum Gasteiger partial charge on any atom is 0.0957 e. The molecule has 1 saturated carbocycles. The molecule has 0 heterocycles. The van der Waals surface area contributed by atoms with E-state index in [1.54, 1.807) is 0 Å². The molecule has 2 radical (unpaired) electrons. The van der Waals surface area contributed by atoms with Gasteiger partial charge in [-0.05, 0) is 32.4 Å². The lowest BCUT2D eigenvalue weighted by atomic mass is 9.66. The van der Waals surface area contributed by atoms with E-state index in [0.717, 1.165) is 0 Å². The van der Waals surface area contributed by atoms with Crippen molar-refractivity contribution in [2.75, 3.05) is 14.1 Å². The monoisotopic (exact) mass is 137 g/mol. The van der Waals surface area contributed by atoms with Crippen LogP contribution >= 0.6 is 0 Å². The minimum Gasteiger partial charge on any atom is -0.312 e. The van der Waals surface area contributed by atoms with Crippen molar-refractivity contribution in [3.8, 4) is 0 Å². The summed E-state index contributed by atoms with van der Waals surface area (Å²) in [6.45, 7) is 0. The smallest absolute Gasteiger partial charge is 0.0957 e. The zero-order chi connectivity index (χ0) is 7.61. The van der Waals surface area contributed by atoms with Crippen LogP contribution in [0.3, 0.4) is 0 Å². The quantitative estimate of drug-likeness (QED) is 0.493. The predicted octanol–water partition coefficient (Wildman–Crippen LogP) is 1.38. The molecule has 0 saturated heterocycles. The van der Waals surface area contributed by atoms with Crippen LogP contribution in [-0.4, -0.2) is 32.3 Å². The molecule has 56 valence electrons. The first-order chi connectivity index (χ1) is 4.65. The highest BCUT2D eigenvalue weighted by Crippen LogP contribution is 2.28. The van der Waals surface area contributed by atoms with E-state index < -0.39 is 0 Å². The van der Waals surface area contributed by atoms with Crippen LogP contribution in [0.5, 0.6) is 0 Å². The van der Waals surface area contributed by atoms with Gasteiger partial charge in [-0.25, -0.2) is 0 Å². The number of rotatable bonds is 1. The lowest BCUT2D eigenvalue weighted by Gasteiger charge is -2.40. The van der Waals surface area contributed by atoms with E-state index in [1.165, 1.54) is 32.1 Å².